The summed E-state index contributed by atoms with van der Waals surface area (Å²) in [4.78, 5) is 23.9. The lowest BCUT2D eigenvalue weighted by atomic mass is 10.1. The predicted octanol–water partition coefficient (Wildman–Crippen LogP) is 5.74. The van der Waals surface area contributed by atoms with Crippen LogP contribution >= 0.6 is 0 Å². The third-order valence-corrected chi connectivity index (χ3v) is 4.88. The highest BCUT2D eigenvalue weighted by Crippen LogP contribution is 2.22. The molecular weight excluding hydrogens is 408 g/mol. The van der Waals surface area contributed by atoms with Gasteiger partial charge >= 0.3 is 11.9 Å². The molecule has 0 spiro atoms. The molecule has 32 heavy (non-hydrogen) atoms. The van der Waals surface area contributed by atoms with Crippen LogP contribution in [0.2, 0.25) is 0 Å². The SMILES string of the molecule is COC(C)(CCCC(=O)Oc1ccccc1)/N=N/C(C)CCCC(=O)Oc1ccccc1. The Morgan fingerprint density at radius 3 is 1.88 bits per heavy atom. The fourth-order valence-electron chi connectivity index (χ4n) is 2.92. The molecule has 2 atom stereocenters. The van der Waals surface area contributed by atoms with E-state index in [9.17, 15) is 9.59 Å². The minimum atomic E-state index is -0.812. The summed E-state index contributed by atoms with van der Waals surface area (Å²) in [6, 6.07) is 18.0. The molecule has 2 aromatic rings. The van der Waals surface area contributed by atoms with Crippen molar-refractivity contribution in [3.05, 3.63) is 60.7 Å². The van der Waals surface area contributed by atoms with Gasteiger partial charge in [0, 0.05) is 20.0 Å². The number of rotatable bonds is 13. The van der Waals surface area contributed by atoms with Gasteiger partial charge in [0.05, 0.1) is 6.04 Å². The van der Waals surface area contributed by atoms with Gasteiger partial charge in [-0.3, -0.25) is 9.59 Å². The molecule has 0 aliphatic carbocycles. The Labute approximate surface area is 189 Å². The van der Waals surface area contributed by atoms with E-state index in [0.29, 0.717) is 43.6 Å². The minimum Gasteiger partial charge on any atom is -0.427 e. The first-order valence-electron chi connectivity index (χ1n) is 10.9. The van der Waals surface area contributed by atoms with Gasteiger partial charge in [0.15, 0.2) is 5.72 Å². The second-order valence-electron chi connectivity index (χ2n) is 7.76. The Hall–Kier alpha value is -3.06. The number of para-hydroxylation sites is 2. The van der Waals surface area contributed by atoms with Crippen molar-refractivity contribution in [1.82, 2.24) is 0 Å². The quantitative estimate of drug-likeness (QED) is 0.225. The largest absolute Gasteiger partial charge is 0.427 e. The monoisotopic (exact) mass is 440 g/mol. The zero-order valence-corrected chi connectivity index (χ0v) is 19.0. The number of methoxy groups -OCH3 is 1. The number of ether oxygens (including phenoxy) is 3. The molecule has 0 saturated carbocycles. The summed E-state index contributed by atoms with van der Waals surface area (Å²) >= 11 is 0. The van der Waals surface area contributed by atoms with Crippen molar-refractivity contribution < 1.29 is 23.8 Å². The van der Waals surface area contributed by atoms with Crippen LogP contribution in [-0.2, 0) is 14.3 Å². The molecule has 0 N–H and O–H groups in total. The molecular formula is C25H32N2O5. The molecule has 7 nitrogen and oxygen atoms in total. The summed E-state index contributed by atoms with van der Waals surface area (Å²) in [6.07, 6.45) is 3.04. The average Bonchev–Trinajstić information content (AvgIpc) is 2.79. The van der Waals surface area contributed by atoms with Crippen LogP contribution in [0.3, 0.4) is 0 Å². The van der Waals surface area contributed by atoms with Crippen molar-refractivity contribution in [1.29, 1.82) is 0 Å². The Kier molecular flexibility index (Phi) is 10.5. The smallest absolute Gasteiger partial charge is 0.311 e. The lowest BCUT2D eigenvalue weighted by molar-refractivity contribution is -0.135. The summed E-state index contributed by atoms with van der Waals surface area (Å²) < 4.78 is 16.1. The van der Waals surface area contributed by atoms with Crippen molar-refractivity contribution in [2.75, 3.05) is 7.11 Å². The number of hydrogen-bond acceptors (Lipinski definition) is 7. The van der Waals surface area contributed by atoms with Gasteiger partial charge in [0.25, 0.3) is 0 Å². The number of benzene rings is 2. The Morgan fingerprint density at radius 1 is 0.875 bits per heavy atom. The molecule has 0 radical (unpaired) electrons. The summed E-state index contributed by atoms with van der Waals surface area (Å²) in [6.45, 7) is 3.78. The van der Waals surface area contributed by atoms with Crippen LogP contribution in [0, 0.1) is 0 Å². The van der Waals surface area contributed by atoms with Crippen molar-refractivity contribution >= 4 is 11.9 Å². The third kappa shape index (κ3) is 9.83. The maximum atomic E-state index is 12.0. The van der Waals surface area contributed by atoms with Crippen LogP contribution in [-0.4, -0.2) is 30.8 Å². The first-order valence-corrected chi connectivity index (χ1v) is 10.9. The minimum absolute atomic E-state index is 0.0583. The van der Waals surface area contributed by atoms with Crippen molar-refractivity contribution in [2.24, 2.45) is 10.2 Å². The molecule has 0 aromatic heterocycles. The molecule has 0 saturated heterocycles. The summed E-state index contributed by atoms with van der Waals surface area (Å²) in [5.74, 6) is 0.536. The molecule has 0 bridgehead atoms. The number of carbonyl (C=O) groups is 2. The van der Waals surface area contributed by atoms with Gasteiger partial charge in [-0.05, 0) is 63.8 Å². The van der Waals surface area contributed by atoms with Gasteiger partial charge in [-0.1, -0.05) is 36.4 Å². The maximum Gasteiger partial charge on any atom is 0.311 e. The van der Waals surface area contributed by atoms with Gasteiger partial charge in [-0.25, -0.2) is 0 Å². The summed E-state index contributed by atoms with van der Waals surface area (Å²) in [5.41, 5.74) is -0.812. The lowest BCUT2D eigenvalue weighted by Crippen LogP contribution is -2.25. The Bertz CT molecular complexity index is 857. The number of nitrogens with zero attached hydrogens (tertiary/aromatic N) is 2. The van der Waals surface area contributed by atoms with E-state index in [4.69, 9.17) is 14.2 Å². The van der Waals surface area contributed by atoms with E-state index in [1.807, 2.05) is 50.2 Å². The van der Waals surface area contributed by atoms with Crippen molar-refractivity contribution in [3.8, 4) is 11.5 Å². The van der Waals surface area contributed by atoms with Gasteiger partial charge in [-0.2, -0.15) is 10.2 Å². The number of esters is 2. The molecule has 2 aromatic carbocycles. The van der Waals surface area contributed by atoms with E-state index < -0.39 is 5.72 Å². The number of hydrogen-bond donors (Lipinski definition) is 0. The number of carbonyl (C=O) groups excluding carboxylic acids is 2. The number of azo groups is 1. The van der Waals surface area contributed by atoms with E-state index in [0.717, 1.165) is 0 Å². The highest BCUT2D eigenvalue weighted by atomic mass is 16.5. The molecule has 172 valence electrons. The van der Waals surface area contributed by atoms with Gasteiger partial charge in [0.2, 0.25) is 0 Å². The normalized spacial score (nSPS) is 14.0. The highest BCUT2D eigenvalue weighted by Gasteiger charge is 2.23. The average molecular weight is 441 g/mol. The Balaban J connectivity index is 1.68. The summed E-state index contributed by atoms with van der Waals surface area (Å²) in [5, 5.41) is 8.70. The van der Waals surface area contributed by atoms with E-state index in [-0.39, 0.29) is 24.4 Å². The van der Waals surface area contributed by atoms with E-state index >= 15 is 0 Å². The van der Waals surface area contributed by atoms with Crippen LogP contribution in [0.25, 0.3) is 0 Å². The van der Waals surface area contributed by atoms with Crippen LogP contribution in [0.1, 0.15) is 52.4 Å². The van der Waals surface area contributed by atoms with E-state index in [1.165, 1.54) is 0 Å². The van der Waals surface area contributed by atoms with Gasteiger partial charge in [-0.15, -0.1) is 0 Å². The van der Waals surface area contributed by atoms with Crippen LogP contribution < -0.4 is 9.47 Å². The zero-order chi connectivity index (χ0) is 23.2. The Morgan fingerprint density at radius 2 is 1.38 bits per heavy atom. The fourth-order valence-corrected chi connectivity index (χ4v) is 2.92. The third-order valence-electron chi connectivity index (χ3n) is 4.88. The van der Waals surface area contributed by atoms with Crippen molar-refractivity contribution in [3.63, 3.8) is 0 Å². The second-order valence-corrected chi connectivity index (χ2v) is 7.76. The molecule has 0 heterocycles. The molecule has 0 amide bonds. The molecule has 7 heteroatoms. The molecule has 2 rings (SSSR count). The molecule has 0 aliphatic rings. The highest BCUT2D eigenvalue weighted by molar-refractivity contribution is 5.72. The van der Waals surface area contributed by atoms with Gasteiger partial charge < -0.3 is 14.2 Å². The maximum absolute atomic E-state index is 12.0. The topological polar surface area (TPSA) is 86.5 Å². The molecule has 2 unspecified atom stereocenters. The zero-order valence-electron chi connectivity index (χ0n) is 19.0. The van der Waals surface area contributed by atoms with Crippen LogP contribution in [0.15, 0.2) is 70.9 Å². The molecule has 0 fully saturated rings. The fraction of sp³-hybridized carbons (Fsp3) is 0.440. The van der Waals surface area contributed by atoms with Crippen molar-refractivity contribution in [2.45, 2.75) is 64.1 Å². The second kappa shape index (κ2) is 13.4. The first-order chi connectivity index (χ1) is 15.4. The van der Waals surface area contributed by atoms with Crippen LogP contribution in [0.4, 0.5) is 0 Å². The van der Waals surface area contributed by atoms with E-state index in [2.05, 4.69) is 10.2 Å². The van der Waals surface area contributed by atoms with E-state index in [1.54, 1.807) is 31.4 Å². The summed E-state index contributed by atoms with van der Waals surface area (Å²) in [7, 11) is 1.57. The van der Waals surface area contributed by atoms with Gasteiger partial charge in [0.1, 0.15) is 11.5 Å². The van der Waals surface area contributed by atoms with Crippen LogP contribution in [0.5, 0.6) is 11.5 Å². The first kappa shape index (κ1) is 25.2. The molecule has 0 aliphatic heterocycles. The lowest BCUT2D eigenvalue weighted by Gasteiger charge is -2.22. The standard InChI is InChI=1S/C25H32N2O5/c1-20(12-10-17-23(28)31-21-13-6-4-7-14-21)26-27-25(2,30-3)19-11-18-24(29)32-22-15-8-5-9-16-22/h4-9,13-16,20H,10-12,17-19H2,1-3H3/b27-26+. The predicted molar refractivity (Wildman–Crippen MR) is 122 cm³/mol.